The molecule has 2 N–H and O–H groups in total. The van der Waals surface area contributed by atoms with Gasteiger partial charge in [-0.2, -0.15) is 18.4 Å². The molecular formula is C21H13ClF3N3O3S. The zero-order chi connectivity index (χ0) is 23.5. The van der Waals surface area contributed by atoms with Crippen LogP contribution in [0.2, 0.25) is 5.02 Å². The van der Waals surface area contributed by atoms with Crippen LogP contribution in [0.3, 0.4) is 0 Å². The van der Waals surface area contributed by atoms with Crippen LogP contribution >= 0.6 is 11.6 Å². The van der Waals surface area contributed by atoms with Crippen molar-refractivity contribution in [3.05, 3.63) is 88.4 Å². The van der Waals surface area contributed by atoms with Crippen LogP contribution in [0.5, 0.6) is 0 Å². The van der Waals surface area contributed by atoms with Crippen molar-refractivity contribution in [3.63, 3.8) is 0 Å². The summed E-state index contributed by atoms with van der Waals surface area (Å²) in [4.78, 5) is 12.1. The summed E-state index contributed by atoms with van der Waals surface area (Å²) < 4.78 is 66.3. The van der Waals surface area contributed by atoms with Gasteiger partial charge in [0.25, 0.3) is 15.9 Å². The van der Waals surface area contributed by atoms with Gasteiger partial charge in [-0.15, -0.1) is 0 Å². The molecule has 0 aromatic heterocycles. The first-order valence-electron chi connectivity index (χ1n) is 8.81. The Morgan fingerprint density at radius 2 is 1.72 bits per heavy atom. The number of anilines is 2. The van der Waals surface area contributed by atoms with Crippen molar-refractivity contribution in [1.29, 1.82) is 5.26 Å². The number of carbonyl (C=O) groups excluding carboxylic acids is 1. The quantitative estimate of drug-likeness (QED) is 0.519. The molecule has 3 rings (SSSR count). The Bertz CT molecular complexity index is 1340. The van der Waals surface area contributed by atoms with Crippen LogP contribution in [-0.2, 0) is 16.2 Å². The van der Waals surface area contributed by atoms with E-state index in [9.17, 15) is 26.4 Å². The third kappa shape index (κ3) is 5.38. The van der Waals surface area contributed by atoms with E-state index in [-0.39, 0.29) is 15.5 Å². The highest BCUT2D eigenvalue weighted by Crippen LogP contribution is 2.34. The van der Waals surface area contributed by atoms with E-state index in [1.807, 2.05) is 10.8 Å². The van der Waals surface area contributed by atoms with Crippen LogP contribution in [0.25, 0.3) is 0 Å². The lowest BCUT2D eigenvalue weighted by molar-refractivity contribution is -0.137. The van der Waals surface area contributed by atoms with Crippen molar-refractivity contribution in [2.45, 2.75) is 11.1 Å². The third-order valence-corrected chi connectivity index (χ3v) is 5.89. The van der Waals surface area contributed by atoms with Crippen molar-refractivity contribution in [2.24, 2.45) is 0 Å². The van der Waals surface area contributed by atoms with Crippen LogP contribution in [-0.4, -0.2) is 14.3 Å². The number of rotatable bonds is 5. The van der Waals surface area contributed by atoms with Gasteiger partial charge in [0, 0.05) is 11.3 Å². The maximum atomic E-state index is 12.9. The molecule has 0 spiro atoms. The third-order valence-electron chi connectivity index (χ3n) is 4.19. The van der Waals surface area contributed by atoms with E-state index in [0.717, 1.165) is 18.2 Å². The molecule has 3 aromatic carbocycles. The van der Waals surface area contributed by atoms with Gasteiger partial charge in [0.2, 0.25) is 0 Å². The number of alkyl halides is 3. The fraction of sp³-hybridized carbons (Fsp3) is 0.0476. The van der Waals surface area contributed by atoms with Crippen LogP contribution < -0.4 is 10.0 Å². The number of amides is 1. The highest BCUT2D eigenvalue weighted by atomic mass is 35.5. The Morgan fingerprint density at radius 3 is 2.41 bits per heavy atom. The van der Waals surface area contributed by atoms with Crippen molar-refractivity contribution in [1.82, 2.24) is 0 Å². The number of hydrogen-bond acceptors (Lipinski definition) is 4. The van der Waals surface area contributed by atoms with Crippen LogP contribution in [0.15, 0.2) is 71.6 Å². The van der Waals surface area contributed by atoms with E-state index in [1.165, 1.54) is 24.3 Å². The Balaban J connectivity index is 1.87. The Kier molecular flexibility index (Phi) is 6.43. The molecular weight excluding hydrogens is 467 g/mol. The molecule has 0 heterocycles. The summed E-state index contributed by atoms with van der Waals surface area (Å²) in [5.41, 5.74) is -0.903. The molecule has 6 nitrogen and oxygen atoms in total. The molecule has 0 bridgehead atoms. The fourth-order valence-electron chi connectivity index (χ4n) is 2.66. The van der Waals surface area contributed by atoms with Crippen molar-refractivity contribution in [2.75, 3.05) is 10.0 Å². The van der Waals surface area contributed by atoms with Crippen molar-refractivity contribution < 1.29 is 26.4 Å². The van der Waals surface area contributed by atoms with Gasteiger partial charge in [0.05, 0.1) is 32.8 Å². The summed E-state index contributed by atoms with van der Waals surface area (Å²) in [6.45, 7) is 0. The predicted octanol–water partition coefficient (Wildman–Crippen LogP) is 5.28. The lowest BCUT2D eigenvalue weighted by atomic mass is 10.2. The number of benzene rings is 3. The van der Waals surface area contributed by atoms with Gasteiger partial charge >= 0.3 is 6.18 Å². The van der Waals surface area contributed by atoms with Crippen LogP contribution in [0, 0.1) is 11.3 Å². The number of nitriles is 1. The first kappa shape index (κ1) is 23.1. The number of nitrogens with one attached hydrogen (secondary N) is 2. The lowest BCUT2D eigenvalue weighted by Crippen LogP contribution is -2.16. The Labute approximate surface area is 186 Å². The summed E-state index contributed by atoms with van der Waals surface area (Å²) in [5, 5.41) is 11.2. The molecule has 0 aliphatic rings. The summed E-state index contributed by atoms with van der Waals surface area (Å²) in [5.74, 6) is -0.644. The summed E-state index contributed by atoms with van der Waals surface area (Å²) in [6.07, 6.45) is -4.69. The molecule has 164 valence electrons. The standard InChI is InChI=1S/C21H13ClF3N3O3S/c22-18-8-7-15(21(23,24)25)11-19(18)28-32(30,31)17-6-2-4-14(10-17)20(29)27-16-5-1-3-13(9-16)12-26/h1-11,28H,(H,27,29). The van der Waals surface area contributed by atoms with Gasteiger partial charge in [-0.05, 0) is 54.6 Å². The zero-order valence-corrected chi connectivity index (χ0v) is 17.5. The largest absolute Gasteiger partial charge is 0.416 e. The van der Waals surface area contributed by atoms with E-state index in [0.29, 0.717) is 17.3 Å². The zero-order valence-electron chi connectivity index (χ0n) is 15.9. The van der Waals surface area contributed by atoms with Gasteiger partial charge < -0.3 is 5.32 Å². The highest BCUT2D eigenvalue weighted by molar-refractivity contribution is 7.92. The van der Waals surface area contributed by atoms with E-state index < -0.39 is 33.4 Å². The molecule has 0 radical (unpaired) electrons. The van der Waals surface area contributed by atoms with Crippen molar-refractivity contribution >= 4 is 38.9 Å². The number of sulfonamides is 1. The molecule has 0 saturated heterocycles. The summed E-state index contributed by atoms with van der Waals surface area (Å²) in [7, 11) is -4.36. The number of nitrogens with zero attached hydrogens (tertiary/aromatic N) is 1. The molecule has 11 heteroatoms. The second kappa shape index (κ2) is 8.90. The summed E-state index contributed by atoms with van der Waals surface area (Å²) >= 11 is 5.86. The minimum Gasteiger partial charge on any atom is -0.322 e. The summed E-state index contributed by atoms with van der Waals surface area (Å²) in [6, 6.07) is 15.2. The SMILES string of the molecule is N#Cc1cccc(NC(=O)c2cccc(S(=O)(=O)Nc3cc(C(F)(F)F)ccc3Cl)c2)c1. The van der Waals surface area contributed by atoms with Gasteiger partial charge in [0.15, 0.2) is 0 Å². The lowest BCUT2D eigenvalue weighted by Gasteiger charge is -2.13. The predicted molar refractivity (Wildman–Crippen MR) is 113 cm³/mol. The topological polar surface area (TPSA) is 99.1 Å². The fourth-order valence-corrected chi connectivity index (χ4v) is 3.99. The minimum absolute atomic E-state index is 0.0228. The van der Waals surface area contributed by atoms with Crippen LogP contribution in [0.4, 0.5) is 24.5 Å². The highest BCUT2D eigenvalue weighted by Gasteiger charge is 2.31. The first-order chi connectivity index (χ1) is 15.0. The van der Waals surface area contributed by atoms with Crippen molar-refractivity contribution in [3.8, 4) is 6.07 Å². The number of halogens is 4. The molecule has 0 fully saturated rings. The van der Waals surface area contributed by atoms with Crippen LogP contribution in [0.1, 0.15) is 21.5 Å². The Hall–Kier alpha value is -3.55. The molecule has 3 aromatic rings. The molecule has 0 saturated carbocycles. The normalized spacial score (nSPS) is 11.5. The second-order valence-corrected chi connectivity index (χ2v) is 8.56. The molecule has 1 amide bonds. The molecule has 0 aliphatic heterocycles. The molecule has 0 unspecified atom stereocenters. The van der Waals surface area contributed by atoms with E-state index in [1.54, 1.807) is 18.2 Å². The molecule has 0 atom stereocenters. The number of carbonyl (C=O) groups is 1. The van der Waals surface area contributed by atoms with Gasteiger partial charge in [-0.25, -0.2) is 8.42 Å². The second-order valence-electron chi connectivity index (χ2n) is 6.47. The molecule has 0 aliphatic carbocycles. The maximum absolute atomic E-state index is 12.9. The number of hydrogen-bond donors (Lipinski definition) is 2. The minimum atomic E-state index is -4.69. The van der Waals surface area contributed by atoms with Gasteiger partial charge in [-0.1, -0.05) is 23.7 Å². The first-order valence-corrected chi connectivity index (χ1v) is 10.7. The van der Waals surface area contributed by atoms with Gasteiger partial charge in [-0.3, -0.25) is 9.52 Å². The molecule has 32 heavy (non-hydrogen) atoms. The van der Waals surface area contributed by atoms with E-state index >= 15 is 0 Å². The average Bonchev–Trinajstić information content (AvgIpc) is 2.74. The average molecular weight is 480 g/mol. The maximum Gasteiger partial charge on any atom is 0.416 e. The van der Waals surface area contributed by atoms with Gasteiger partial charge in [0.1, 0.15) is 0 Å². The monoisotopic (exact) mass is 479 g/mol. The van der Waals surface area contributed by atoms with E-state index in [4.69, 9.17) is 16.9 Å². The smallest absolute Gasteiger partial charge is 0.322 e. The Morgan fingerprint density at radius 1 is 1.00 bits per heavy atom. The van der Waals surface area contributed by atoms with E-state index in [2.05, 4.69) is 5.32 Å².